The summed E-state index contributed by atoms with van der Waals surface area (Å²) in [5.41, 5.74) is 0.538. The number of fused-ring (bicyclic) bond motifs is 5. The van der Waals surface area contributed by atoms with E-state index in [4.69, 9.17) is 4.18 Å². The standard InChI is InChI=1S/C24H34O8S/c1-23-9-7-18-20(16(21(26)27)11-14-10-15(25)6-8-24(14,18)2)17(23)5-4-13(23)12-19(22(28)29)32-33(3,30)31/h10,13,16-20H,4-9,11-12H2,1-3H3,(H,26,27)(H,28,29)/t13-,16-,17+,18+,19?,20+,23-,24+/m1/s1. The minimum absolute atomic E-state index is 0.0410. The van der Waals surface area contributed by atoms with Crippen LogP contribution in [0.25, 0.3) is 0 Å². The normalized spacial score (nSPS) is 41.4. The molecule has 2 N–H and O–H groups in total. The fourth-order valence-corrected chi connectivity index (χ4v) is 8.54. The number of carbonyl (C=O) groups is 3. The van der Waals surface area contributed by atoms with Crippen molar-refractivity contribution in [1.82, 2.24) is 0 Å². The van der Waals surface area contributed by atoms with Gasteiger partial charge in [-0.25, -0.2) is 4.79 Å². The zero-order valence-corrected chi connectivity index (χ0v) is 20.3. The van der Waals surface area contributed by atoms with Gasteiger partial charge in [-0.3, -0.25) is 13.8 Å². The van der Waals surface area contributed by atoms with Crippen molar-refractivity contribution in [3.63, 3.8) is 0 Å². The smallest absolute Gasteiger partial charge is 0.334 e. The predicted molar refractivity (Wildman–Crippen MR) is 119 cm³/mol. The minimum Gasteiger partial charge on any atom is -0.481 e. The fourth-order valence-electron chi connectivity index (χ4n) is 7.96. The van der Waals surface area contributed by atoms with Crippen LogP contribution in [0.5, 0.6) is 0 Å². The summed E-state index contributed by atoms with van der Waals surface area (Å²) in [6, 6.07) is 0. The lowest BCUT2D eigenvalue weighted by Gasteiger charge is -2.59. The lowest BCUT2D eigenvalue weighted by molar-refractivity contribution is -0.156. The van der Waals surface area contributed by atoms with Gasteiger partial charge in [-0.15, -0.1) is 0 Å². The summed E-state index contributed by atoms with van der Waals surface area (Å²) in [6.07, 6.45) is 6.03. The molecule has 8 nitrogen and oxygen atoms in total. The van der Waals surface area contributed by atoms with Crippen molar-refractivity contribution in [2.45, 2.75) is 71.3 Å². The van der Waals surface area contributed by atoms with Gasteiger partial charge in [0, 0.05) is 6.42 Å². The van der Waals surface area contributed by atoms with Crippen LogP contribution in [0.4, 0.5) is 0 Å². The second-order valence-electron chi connectivity index (χ2n) is 11.2. The maximum Gasteiger partial charge on any atom is 0.334 e. The monoisotopic (exact) mass is 482 g/mol. The molecule has 184 valence electrons. The van der Waals surface area contributed by atoms with Crippen molar-refractivity contribution in [2.75, 3.05) is 6.26 Å². The number of carboxylic acids is 2. The first-order valence-corrected chi connectivity index (χ1v) is 13.7. The highest BCUT2D eigenvalue weighted by molar-refractivity contribution is 7.86. The molecule has 0 amide bonds. The number of carbonyl (C=O) groups excluding carboxylic acids is 1. The number of aliphatic carboxylic acids is 2. The molecule has 0 bridgehead atoms. The molecular weight excluding hydrogens is 448 g/mol. The van der Waals surface area contributed by atoms with Crippen molar-refractivity contribution in [3.05, 3.63) is 11.6 Å². The van der Waals surface area contributed by atoms with Crippen LogP contribution in [0, 0.1) is 40.4 Å². The van der Waals surface area contributed by atoms with Crippen molar-refractivity contribution < 1.29 is 37.2 Å². The molecule has 0 aromatic carbocycles. The quantitative estimate of drug-likeness (QED) is 0.551. The molecule has 0 spiro atoms. The number of rotatable bonds is 6. The summed E-state index contributed by atoms with van der Waals surface area (Å²) < 4.78 is 28.1. The zero-order valence-electron chi connectivity index (χ0n) is 19.5. The molecule has 0 aromatic rings. The summed E-state index contributed by atoms with van der Waals surface area (Å²) in [5, 5.41) is 19.7. The molecular formula is C24H34O8S. The molecule has 0 saturated heterocycles. The first-order valence-electron chi connectivity index (χ1n) is 11.8. The van der Waals surface area contributed by atoms with Crippen molar-refractivity contribution in [2.24, 2.45) is 40.4 Å². The predicted octanol–water partition coefficient (Wildman–Crippen LogP) is 3.26. The van der Waals surface area contributed by atoms with Gasteiger partial charge in [0.25, 0.3) is 10.1 Å². The van der Waals surface area contributed by atoms with Crippen LogP contribution in [0.15, 0.2) is 11.6 Å². The van der Waals surface area contributed by atoms with E-state index in [1.807, 2.05) is 0 Å². The van der Waals surface area contributed by atoms with E-state index in [0.717, 1.165) is 43.9 Å². The maximum atomic E-state index is 12.4. The molecule has 0 aliphatic heterocycles. The van der Waals surface area contributed by atoms with Crippen LogP contribution in [0.3, 0.4) is 0 Å². The third-order valence-electron chi connectivity index (χ3n) is 9.59. The molecule has 0 aromatic heterocycles. The average molecular weight is 483 g/mol. The Morgan fingerprint density at radius 1 is 1.15 bits per heavy atom. The first kappa shape index (κ1) is 24.4. The molecule has 8 atom stereocenters. The Balaban J connectivity index is 1.65. The summed E-state index contributed by atoms with van der Waals surface area (Å²) in [7, 11) is -3.92. The van der Waals surface area contributed by atoms with Gasteiger partial charge in [0.05, 0.1) is 12.2 Å². The SMILES string of the molecule is C[C@]12CC[C@H]3[C@@H]([C@H](C(=O)O)CC4=CC(=O)CC[C@@]43C)[C@@H]1CC[C@@H]2CC(OS(C)(=O)=O)C(=O)O. The molecule has 9 heteroatoms. The molecule has 3 saturated carbocycles. The number of hydrogen-bond donors (Lipinski definition) is 2. The van der Waals surface area contributed by atoms with Crippen molar-refractivity contribution in [3.8, 4) is 0 Å². The van der Waals surface area contributed by atoms with Crippen LogP contribution < -0.4 is 0 Å². The molecule has 3 fully saturated rings. The fraction of sp³-hybridized carbons (Fsp3) is 0.792. The van der Waals surface area contributed by atoms with Crippen LogP contribution in [0.2, 0.25) is 0 Å². The first-order chi connectivity index (χ1) is 15.3. The Labute approximate surface area is 194 Å². The number of allylic oxidation sites excluding steroid dienone is 1. The van der Waals surface area contributed by atoms with Crippen molar-refractivity contribution in [1.29, 1.82) is 0 Å². The average Bonchev–Trinajstić information content (AvgIpc) is 3.02. The van der Waals surface area contributed by atoms with Gasteiger partial charge in [-0.1, -0.05) is 19.4 Å². The van der Waals surface area contributed by atoms with Gasteiger partial charge < -0.3 is 10.2 Å². The largest absolute Gasteiger partial charge is 0.481 e. The third kappa shape index (κ3) is 4.16. The molecule has 1 unspecified atom stereocenters. The van der Waals surface area contributed by atoms with Gasteiger partial charge in [0.2, 0.25) is 0 Å². The minimum atomic E-state index is -3.92. The van der Waals surface area contributed by atoms with Gasteiger partial charge >= 0.3 is 11.9 Å². The molecule has 0 radical (unpaired) electrons. The Hall–Kier alpha value is -1.74. The van der Waals surface area contributed by atoms with E-state index in [-0.39, 0.29) is 46.7 Å². The van der Waals surface area contributed by atoms with E-state index >= 15 is 0 Å². The van der Waals surface area contributed by atoms with E-state index in [9.17, 15) is 33.0 Å². The highest BCUT2D eigenvalue weighted by Crippen LogP contribution is 2.68. The van der Waals surface area contributed by atoms with Gasteiger partial charge in [-0.05, 0) is 85.5 Å². The van der Waals surface area contributed by atoms with Gasteiger partial charge in [0.1, 0.15) is 0 Å². The summed E-state index contributed by atoms with van der Waals surface area (Å²) in [5.74, 6) is -2.42. The van der Waals surface area contributed by atoms with E-state index in [1.54, 1.807) is 6.08 Å². The Morgan fingerprint density at radius 3 is 2.45 bits per heavy atom. The van der Waals surface area contributed by atoms with Crippen molar-refractivity contribution >= 4 is 27.8 Å². The molecule has 0 heterocycles. The molecule has 4 aliphatic carbocycles. The Bertz CT molecular complexity index is 1000. The van der Waals surface area contributed by atoms with Crippen LogP contribution in [0.1, 0.15) is 65.2 Å². The van der Waals surface area contributed by atoms with Gasteiger partial charge in [0.15, 0.2) is 11.9 Å². The Kier molecular flexibility index (Phi) is 6.05. The van der Waals surface area contributed by atoms with Gasteiger partial charge in [-0.2, -0.15) is 8.42 Å². The van der Waals surface area contributed by atoms with E-state index in [0.29, 0.717) is 12.8 Å². The molecule has 4 aliphatic rings. The summed E-state index contributed by atoms with van der Waals surface area (Å²) >= 11 is 0. The summed E-state index contributed by atoms with van der Waals surface area (Å²) in [6.45, 7) is 4.32. The maximum absolute atomic E-state index is 12.4. The second kappa shape index (κ2) is 8.18. The number of carboxylic acid groups (broad SMARTS) is 2. The summed E-state index contributed by atoms with van der Waals surface area (Å²) in [4.78, 5) is 36.2. The third-order valence-corrected chi connectivity index (χ3v) is 10.2. The lowest BCUT2D eigenvalue weighted by atomic mass is 9.44. The molecule has 4 rings (SSSR count). The van der Waals surface area contributed by atoms with E-state index in [2.05, 4.69) is 13.8 Å². The number of ketones is 1. The topological polar surface area (TPSA) is 135 Å². The van der Waals surface area contributed by atoms with E-state index in [1.165, 1.54) is 0 Å². The Morgan fingerprint density at radius 2 is 1.85 bits per heavy atom. The second-order valence-corrected chi connectivity index (χ2v) is 12.8. The zero-order chi connectivity index (χ0) is 24.3. The number of hydrogen-bond acceptors (Lipinski definition) is 6. The van der Waals surface area contributed by atoms with Crippen LogP contribution in [-0.4, -0.2) is 48.7 Å². The highest BCUT2D eigenvalue weighted by atomic mass is 32.2. The van der Waals surface area contributed by atoms with E-state index < -0.39 is 34.1 Å². The highest BCUT2D eigenvalue weighted by Gasteiger charge is 2.62. The van der Waals surface area contributed by atoms with Crippen LogP contribution >= 0.6 is 0 Å². The molecule has 33 heavy (non-hydrogen) atoms. The van der Waals surface area contributed by atoms with Crippen LogP contribution in [-0.2, 0) is 28.7 Å². The lowest BCUT2D eigenvalue weighted by Crippen LogP contribution is -2.55.